The maximum absolute atomic E-state index is 4.99. The molecule has 3 rings (SSSR count). The van der Waals surface area contributed by atoms with Crippen molar-refractivity contribution in [2.24, 2.45) is 0 Å². The molecular weight excluding hydrogens is 266 g/mol. The number of anilines is 1. The van der Waals surface area contributed by atoms with Crippen LogP contribution in [0, 0.1) is 0 Å². The summed E-state index contributed by atoms with van der Waals surface area (Å²) < 4.78 is 0. The van der Waals surface area contributed by atoms with Crippen molar-refractivity contribution in [2.75, 3.05) is 18.0 Å². The Hall–Kier alpha value is -0.610. The fraction of sp³-hybridized carbons (Fsp3) is 0.812. The molecule has 0 spiro atoms. The first kappa shape index (κ1) is 14.3. The van der Waals surface area contributed by atoms with Crippen molar-refractivity contribution in [1.82, 2.24) is 10.3 Å². The van der Waals surface area contributed by atoms with Gasteiger partial charge in [0.2, 0.25) is 0 Å². The molecule has 1 N–H and O–H groups in total. The third kappa shape index (κ3) is 2.60. The van der Waals surface area contributed by atoms with E-state index in [9.17, 15) is 0 Å². The van der Waals surface area contributed by atoms with Gasteiger partial charge in [-0.05, 0) is 58.9 Å². The molecule has 0 bridgehead atoms. The lowest BCUT2D eigenvalue weighted by molar-refractivity contribution is 0.464. The van der Waals surface area contributed by atoms with Crippen molar-refractivity contribution in [3.8, 4) is 0 Å². The summed E-state index contributed by atoms with van der Waals surface area (Å²) in [5, 5.41) is 4.97. The third-order valence-electron chi connectivity index (χ3n) is 4.71. The molecule has 4 heteroatoms. The van der Waals surface area contributed by atoms with Gasteiger partial charge in [0.05, 0.1) is 5.69 Å². The molecule has 2 heterocycles. The minimum absolute atomic E-state index is 0.285. The van der Waals surface area contributed by atoms with Crippen LogP contribution in [0.15, 0.2) is 0 Å². The smallest absolute Gasteiger partial charge is 0.186 e. The van der Waals surface area contributed by atoms with E-state index in [1.807, 2.05) is 11.3 Å². The van der Waals surface area contributed by atoms with Crippen molar-refractivity contribution < 1.29 is 0 Å². The van der Waals surface area contributed by atoms with Crippen LogP contribution in [-0.2, 0) is 6.42 Å². The highest BCUT2D eigenvalue weighted by molar-refractivity contribution is 7.15. The highest BCUT2D eigenvalue weighted by Crippen LogP contribution is 2.41. The van der Waals surface area contributed by atoms with Crippen LogP contribution >= 0.6 is 11.3 Å². The molecule has 0 radical (unpaired) electrons. The normalized spacial score (nSPS) is 24.9. The molecule has 3 nitrogen and oxygen atoms in total. The number of thiazole rings is 1. The zero-order valence-electron chi connectivity index (χ0n) is 13.0. The van der Waals surface area contributed by atoms with Gasteiger partial charge in [0, 0.05) is 23.0 Å². The van der Waals surface area contributed by atoms with Gasteiger partial charge in [0.1, 0.15) is 0 Å². The minimum Gasteiger partial charge on any atom is -0.343 e. The molecule has 1 saturated heterocycles. The lowest BCUT2D eigenvalue weighted by Crippen LogP contribution is -2.38. The van der Waals surface area contributed by atoms with Gasteiger partial charge in [-0.15, -0.1) is 0 Å². The quantitative estimate of drug-likeness (QED) is 0.912. The zero-order chi connectivity index (χ0) is 14.2. The van der Waals surface area contributed by atoms with Gasteiger partial charge >= 0.3 is 0 Å². The standard InChI is InChI=1S/C16H27N3S/c1-4-10-17-12-7-5-8-13-14(12)20-15(18-13)19-11-6-9-16(19,2)3/h12,17H,4-11H2,1-3H3. The van der Waals surface area contributed by atoms with Crippen LogP contribution in [0.1, 0.15) is 69.5 Å². The van der Waals surface area contributed by atoms with Gasteiger partial charge in [0.25, 0.3) is 0 Å². The molecule has 0 saturated carbocycles. The van der Waals surface area contributed by atoms with Crippen LogP contribution < -0.4 is 10.2 Å². The zero-order valence-corrected chi connectivity index (χ0v) is 13.9. The first-order valence-corrected chi connectivity index (χ1v) is 8.94. The van der Waals surface area contributed by atoms with E-state index in [1.54, 1.807) is 0 Å². The second kappa shape index (κ2) is 5.64. The molecule has 1 aromatic rings. The van der Waals surface area contributed by atoms with Crippen LogP contribution in [0.3, 0.4) is 0 Å². The first-order chi connectivity index (χ1) is 9.62. The van der Waals surface area contributed by atoms with Gasteiger partial charge in [-0.1, -0.05) is 18.3 Å². The van der Waals surface area contributed by atoms with Crippen LogP contribution in [0.2, 0.25) is 0 Å². The summed E-state index contributed by atoms with van der Waals surface area (Å²) in [4.78, 5) is 9.04. The predicted octanol–water partition coefficient (Wildman–Crippen LogP) is 3.90. The highest BCUT2D eigenvalue weighted by atomic mass is 32.1. The largest absolute Gasteiger partial charge is 0.343 e. The van der Waals surface area contributed by atoms with Crippen molar-refractivity contribution in [3.63, 3.8) is 0 Å². The SMILES string of the molecule is CCCNC1CCCc2nc(N3CCCC3(C)C)sc21. The first-order valence-electron chi connectivity index (χ1n) is 8.12. The average molecular weight is 293 g/mol. The second-order valence-electron chi connectivity index (χ2n) is 6.77. The molecule has 112 valence electrons. The number of hydrogen-bond donors (Lipinski definition) is 1. The average Bonchev–Trinajstić information content (AvgIpc) is 2.98. The maximum Gasteiger partial charge on any atom is 0.186 e. The Morgan fingerprint density at radius 3 is 2.95 bits per heavy atom. The van der Waals surface area contributed by atoms with Gasteiger partial charge < -0.3 is 10.2 Å². The van der Waals surface area contributed by atoms with E-state index in [4.69, 9.17) is 4.98 Å². The van der Waals surface area contributed by atoms with E-state index in [0.717, 1.165) is 6.54 Å². The summed E-state index contributed by atoms with van der Waals surface area (Å²) >= 11 is 1.95. The van der Waals surface area contributed by atoms with Gasteiger partial charge in [-0.25, -0.2) is 4.98 Å². The Morgan fingerprint density at radius 1 is 1.40 bits per heavy atom. The molecule has 0 amide bonds. The Morgan fingerprint density at radius 2 is 2.25 bits per heavy atom. The fourth-order valence-electron chi connectivity index (χ4n) is 3.50. The lowest BCUT2D eigenvalue weighted by Gasteiger charge is -2.31. The maximum atomic E-state index is 4.99. The van der Waals surface area contributed by atoms with Gasteiger partial charge in [-0.3, -0.25) is 0 Å². The van der Waals surface area contributed by atoms with E-state index < -0.39 is 0 Å². The van der Waals surface area contributed by atoms with Gasteiger partial charge in [-0.2, -0.15) is 0 Å². The number of rotatable bonds is 4. The summed E-state index contributed by atoms with van der Waals surface area (Å²) in [5.41, 5.74) is 1.65. The van der Waals surface area contributed by atoms with E-state index in [2.05, 4.69) is 31.0 Å². The molecule has 1 aliphatic heterocycles. The van der Waals surface area contributed by atoms with Crippen molar-refractivity contribution in [1.29, 1.82) is 0 Å². The second-order valence-corrected chi connectivity index (χ2v) is 7.78. The topological polar surface area (TPSA) is 28.2 Å². The molecule has 1 aromatic heterocycles. The van der Waals surface area contributed by atoms with Crippen LogP contribution in [0.4, 0.5) is 5.13 Å². The molecule has 1 aliphatic carbocycles. The van der Waals surface area contributed by atoms with Gasteiger partial charge in [0.15, 0.2) is 5.13 Å². The minimum atomic E-state index is 0.285. The monoisotopic (exact) mass is 293 g/mol. The summed E-state index contributed by atoms with van der Waals surface area (Å²) in [6.45, 7) is 9.24. The lowest BCUT2D eigenvalue weighted by atomic mass is 9.98. The third-order valence-corrected chi connectivity index (χ3v) is 5.95. The molecule has 2 aliphatic rings. The van der Waals surface area contributed by atoms with E-state index >= 15 is 0 Å². The summed E-state index contributed by atoms with van der Waals surface area (Å²) in [6, 6.07) is 0.552. The fourth-order valence-corrected chi connectivity index (χ4v) is 4.91. The molecule has 1 unspecified atom stereocenters. The Balaban J connectivity index is 1.84. The molecule has 20 heavy (non-hydrogen) atoms. The highest BCUT2D eigenvalue weighted by Gasteiger charge is 2.35. The van der Waals surface area contributed by atoms with Crippen molar-refractivity contribution >= 4 is 16.5 Å². The van der Waals surface area contributed by atoms with E-state index in [0.29, 0.717) is 6.04 Å². The number of nitrogens with zero attached hydrogens (tertiary/aromatic N) is 2. The van der Waals surface area contributed by atoms with Crippen molar-refractivity contribution in [2.45, 2.75) is 70.9 Å². The Labute approximate surface area is 126 Å². The summed E-state index contributed by atoms with van der Waals surface area (Å²) in [7, 11) is 0. The molecular formula is C16H27N3S. The Bertz CT molecular complexity index is 466. The summed E-state index contributed by atoms with van der Waals surface area (Å²) in [6.07, 6.45) is 7.52. The van der Waals surface area contributed by atoms with Crippen LogP contribution in [0.5, 0.6) is 0 Å². The number of fused-ring (bicyclic) bond motifs is 1. The number of nitrogens with one attached hydrogen (secondary N) is 1. The number of aryl methyl sites for hydroxylation is 1. The molecule has 0 aromatic carbocycles. The van der Waals surface area contributed by atoms with E-state index in [-0.39, 0.29) is 5.54 Å². The Kier molecular flexibility index (Phi) is 4.04. The number of hydrogen-bond acceptors (Lipinski definition) is 4. The molecule has 1 atom stereocenters. The number of aromatic nitrogens is 1. The summed E-state index contributed by atoms with van der Waals surface area (Å²) in [5.74, 6) is 0. The van der Waals surface area contributed by atoms with Crippen LogP contribution in [0.25, 0.3) is 0 Å². The van der Waals surface area contributed by atoms with Crippen molar-refractivity contribution in [3.05, 3.63) is 10.6 Å². The predicted molar refractivity (Wildman–Crippen MR) is 86.7 cm³/mol. The van der Waals surface area contributed by atoms with Crippen LogP contribution in [-0.4, -0.2) is 23.6 Å². The van der Waals surface area contributed by atoms with E-state index in [1.165, 1.54) is 60.8 Å². The molecule has 1 fully saturated rings.